The molecule has 16 heavy (non-hydrogen) atoms. The van der Waals surface area contributed by atoms with E-state index in [1.165, 1.54) is 0 Å². The summed E-state index contributed by atoms with van der Waals surface area (Å²) >= 11 is 0. The fourth-order valence-corrected chi connectivity index (χ4v) is 1.71. The van der Waals surface area contributed by atoms with Gasteiger partial charge in [-0.1, -0.05) is 18.7 Å². The van der Waals surface area contributed by atoms with Crippen LogP contribution in [0.3, 0.4) is 0 Å². The van der Waals surface area contributed by atoms with Gasteiger partial charge in [-0.15, -0.1) is 0 Å². The smallest absolute Gasteiger partial charge is 0.250 e. The maximum atomic E-state index is 11.8. The van der Waals surface area contributed by atoms with Crippen LogP contribution in [0.5, 0.6) is 0 Å². The summed E-state index contributed by atoms with van der Waals surface area (Å²) < 4.78 is 0. The highest BCUT2D eigenvalue weighted by molar-refractivity contribution is 5.92. The second kappa shape index (κ2) is 3.37. The predicted octanol–water partition coefficient (Wildman–Crippen LogP) is 2.39. The van der Waals surface area contributed by atoms with E-state index in [4.69, 9.17) is 0 Å². The van der Waals surface area contributed by atoms with Crippen molar-refractivity contribution in [3.8, 4) is 0 Å². The van der Waals surface area contributed by atoms with Crippen LogP contribution in [0.2, 0.25) is 0 Å². The van der Waals surface area contributed by atoms with E-state index in [9.17, 15) is 4.79 Å². The molecule has 1 aliphatic rings. The van der Waals surface area contributed by atoms with Gasteiger partial charge in [0.15, 0.2) is 0 Å². The van der Waals surface area contributed by atoms with Crippen molar-refractivity contribution in [2.24, 2.45) is 5.41 Å². The number of carbonyl (C=O) groups is 1. The molecule has 1 amide bonds. The van der Waals surface area contributed by atoms with E-state index in [1.807, 2.05) is 45.0 Å². The molecule has 3 heteroatoms. The number of nitrogens with zero attached hydrogens (tertiary/aromatic N) is 1. The zero-order valence-corrected chi connectivity index (χ0v) is 9.87. The molecule has 1 aromatic rings. The van der Waals surface area contributed by atoms with Crippen LogP contribution in [0.25, 0.3) is 0 Å². The average Bonchev–Trinajstić information content (AvgIpc) is 2.42. The van der Waals surface area contributed by atoms with E-state index in [2.05, 4.69) is 12.0 Å². The summed E-state index contributed by atoms with van der Waals surface area (Å²) in [5, 5.41) is 1.76. The number of hydrazine groups is 1. The quantitative estimate of drug-likeness (QED) is 0.781. The highest BCUT2D eigenvalue weighted by atomic mass is 16.2. The lowest BCUT2D eigenvalue weighted by Gasteiger charge is -2.21. The van der Waals surface area contributed by atoms with Gasteiger partial charge in [0.2, 0.25) is 5.91 Å². The van der Waals surface area contributed by atoms with Gasteiger partial charge < -0.3 is 0 Å². The van der Waals surface area contributed by atoms with Crippen LogP contribution < -0.4 is 10.4 Å². The van der Waals surface area contributed by atoms with E-state index in [-0.39, 0.29) is 5.91 Å². The maximum absolute atomic E-state index is 11.8. The topological polar surface area (TPSA) is 32.3 Å². The summed E-state index contributed by atoms with van der Waals surface area (Å²) in [6.07, 6.45) is 0. The minimum Gasteiger partial charge on any atom is -0.272 e. The number of carbonyl (C=O) groups excluding carboxylic acids is 1. The fraction of sp³-hybridized carbons (Fsp3) is 0.308. The minimum atomic E-state index is -0.538. The van der Waals surface area contributed by atoms with Gasteiger partial charge in [0.25, 0.3) is 0 Å². The summed E-state index contributed by atoms with van der Waals surface area (Å²) in [5.74, 6) is -0.0148. The van der Waals surface area contributed by atoms with Crippen molar-refractivity contribution >= 4 is 11.6 Å². The Labute approximate surface area is 95.7 Å². The first kappa shape index (κ1) is 10.7. The van der Waals surface area contributed by atoms with Crippen molar-refractivity contribution in [3.63, 3.8) is 0 Å². The Kier molecular flexibility index (Phi) is 2.26. The lowest BCUT2D eigenvalue weighted by atomic mass is 9.90. The fourth-order valence-electron chi connectivity index (χ4n) is 1.71. The standard InChI is InChI=1S/C13H16N2O/c1-9-6-5-7-11(8-9)15-10(2)13(3,4)12(16)14-15/h5-8H,2H2,1,3-4H3,(H,14,16). The van der Waals surface area contributed by atoms with Crippen LogP contribution in [-0.2, 0) is 4.79 Å². The third-order valence-electron chi connectivity index (χ3n) is 3.03. The van der Waals surface area contributed by atoms with Gasteiger partial charge in [-0.3, -0.25) is 15.2 Å². The number of benzene rings is 1. The lowest BCUT2D eigenvalue weighted by Crippen LogP contribution is -2.32. The van der Waals surface area contributed by atoms with E-state index in [0.29, 0.717) is 0 Å². The molecule has 0 spiro atoms. The minimum absolute atomic E-state index is 0.0148. The first-order valence-electron chi connectivity index (χ1n) is 5.30. The number of anilines is 1. The zero-order valence-electron chi connectivity index (χ0n) is 9.87. The molecule has 0 aromatic heterocycles. The van der Waals surface area contributed by atoms with E-state index >= 15 is 0 Å². The molecule has 1 aromatic carbocycles. The summed E-state index contributed by atoms with van der Waals surface area (Å²) in [7, 11) is 0. The van der Waals surface area contributed by atoms with Crippen LogP contribution in [-0.4, -0.2) is 5.91 Å². The Morgan fingerprint density at radius 2 is 2.06 bits per heavy atom. The van der Waals surface area contributed by atoms with Gasteiger partial charge in [0, 0.05) is 5.70 Å². The summed E-state index contributed by atoms with van der Waals surface area (Å²) in [4.78, 5) is 11.8. The molecule has 1 fully saturated rings. The monoisotopic (exact) mass is 216 g/mol. The van der Waals surface area contributed by atoms with Crippen LogP contribution in [0, 0.1) is 12.3 Å². The molecule has 2 rings (SSSR count). The number of aryl methyl sites for hydroxylation is 1. The number of hydrogen-bond acceptors (Lipinski definition) is 2. The molecule has 0 unspecified atom stereocenters. The molecule has 1 N–H and O–H groups in total. The summed E-state index contributed by atoms with van der Waals surface area (Å²) in [6.45, 7) is 9.76. The van der Waals surface area contributed by atoms with Gasteiger partial charge in [-0.2, -0.15) is 0 Å². The molecule has 0 atom stereocenters. The predicted molar refractivity (Wildman–Crippen MR) is 64.7 cm³/mol. The Hall–Kier alpha value is -1.77. The molecule has 84 valence electrons. The molecular weight excluding hydrogens is 200 g/mol. The SMILES string of the molecule is C=C1N(c2cccc(C)c2)NC(=O)C1(C)C. The Morgan fingerprint density at radius 1 is 1.38 bits per heavy atom. The van der Waals surface area contributed by atoms with Crippen molar-refractivity contribution in [2.75, 3.05) is 5.01 Å². The highest BCUT2D eigenvalue weighted by Crippen LogP contribution is 2.35. The molecule has 0 radical (unpaired) electrons. The summed E-state index contributed by atoms with van der Waals surface area (Å²) in [6, 6.07) is 7.97. The Morgan fingerprint density at radius 3 is 2.56 bits per heavy atom. The molecule has 0 aliphatic carbocycles. The molecule has 1 heterocycles. The van der Waals surface area contributed by atoms with Crippen molar-refractivity contribution in [2.45, 2.75) is 20.8 Å². The van der Waals surface area contributed by atoms with Crippen LogP contribution in [0.4, 0.5) is 5.69 Å². The first-order valence-corrected chi connectivity index (χ1v) is 5.30. The van der Waals surface area contributed by atoms with Gasteiger partial charge >= 0.3 is 0 Å². The Balaban J connectivity index is 2.38. The van der Waals surface area contributed by atoms with Crippen LogP contribution >= 0.6 is 0 Å². The molecule has 1 saturated heterocycles. The number of rotatable bonds is 1. The molecule has 0 bridgehead atoms. The average molecular weight is 216 g/mol. The van der Waals surface area contributed by atoms with Crippen molar-refractivity contribution in [1.29, 1.82) is 0 Å². The first-order chi connectivity index (χ1) is 7.43. The van der Waals surface area contributed by atoms with Crippen molar-refractivity contribution < 1.29 is 4.79 Å². The second-order valence-corrected chi connectivity index (χ2v) is 4.69. The highest BCUT2D eigenvalue weighted by Gasteiger charge is 2.42. The molecule has 3 nitrogen and oxygen atoms in total. The van der Waals surface area contributed by atoms with E-state index in [1.54, 1.807) is 5.01 Å². The van der Waals surface area contributed by atoms with E-state index in [0.717, 1.165) is 16.9 Å². The third-order valence-corrected chi connectivity index (χ3v) is 3.03. The van der Waals surface area contributed by atoms with Gasteiger partial charge in [0.05, 0.1) is 11.1 Å². The normalized spacial score (nSPS) is 18.8. The van der Waals surface area contributed by atoms with Gasteiger partial charge in [-0.05, 0) is 38.5 Å². The number of amides is 1. The molecule has 0 saturated carbocycles. The van der Waals surface area contributed by atoms with E-state index < -0.39 is 5.41 Å². The van der Waals surface area contributed by atoms with Crippen molar-refractivity contribution in [3.05, 3.63) is 42.1 Å². The number of nitrogens with one attached hydrogen (secondary N) is 1. The molecular formula is C13H16N2O. The Bertz CT molecular complexity index is 463. The van der Waals surface area contributed by atoms with Gasteiger partial charge in [-0.25, -0.2) is 0 Å². The zero-order chi connectivity index (χ0) is 11.9. The second-order valence-electron chi connectivity index (χ2n) is 4.69. The van der Waals surface area contributed by atoms with Crippen molar-refractivity contribution in [1.82, 2.24) is 5.43 Å². The maximum Gasteiger partial charge on any atom is 0.250 e. The van der Waals surface area contributed by atoms with Crippen LogP contribution in [0.15, 0.2) is 36.5 Å². The third kappa shape index (κ3) is 1.48. The number of hydrogen-bond donors (Lipinski definition) is 1. The molecule has 1 aliphatic heterocycles. The van der Waals surface area contributed by atoms with Crippen LogP contribution in [0.1, 0.15) is 19.4 Å². The summed E-state index contributed by atoms with van der Waals surface area (Å²) in [5.41, 5.74) is 5.18. The van der Waals surface area contributed by atoms with Gasteiger partial charge in [0.1, 0.15) is 0 Å². The lowest BCUT2D eigenvalue weighted by molar-refractivity contribution is -0.125. The largest absolute Gasteiger partial charge is 0.272 e.